The van der Waals surface area contributed by atoms with E-state index in [2.05, 4.69) is 5.32 Å². The van der Waals surface area contributed by atoms with E-state index in [1.54, 1.807) is 12.1 Å². The maximum absolute atomic E-state index is 12.1. The van der Waals surface area contributed by atoms with Crippen LogP contribution in [0.3, 0.4) is 0 Å². The van der Waals surface area contributed by atoms with Gasteiger partial charge in [-0.1, -0.05) is 39.0 Å². The number of aliphatic carboxylic acids is 1. The maximum Gasteiger partial charge on any atom is 0.328 e. The van der Waals surface area contributed by atoms with Gasteiger partial charge in [-0.05, 0) is 17.0 Å². The molecule has 0 fully saturated rings. The summed E-state index contributed by atoms with van der Waals surface area (Å²) in [5.41, 5.74) is 1.02. The van der Waals surface area contributed by atoms with Crippen LogP contribution in [0.2, 0.25) is 0 Å². The molecule has 19 heavy (non-hydrogen) atoms. The van der Waals surface area contributed by atoms with E-state index >= 15 is 0 Å². The smallest absolute Gasteiger partial charge is 0.328 e. The summed E-state index contributed by atoms with van der Waals surface area (Å²) in [7, 11) is 0. The van der Waals surface area contributed by atoms with E-state index in [-0.39, 0.29) is 5.41 Å². The minimum absolute atomic E-state index is 0.230. The first-order valence-corrected chi connectivity index (χ1v) is 6.01. The topological polar surface area (TPSA) is 86.6 Å². The number of nitrogens with one attached hydrogen (secondary N) is 1. The number of aliphatic hydroxyl groups excluding tert-OH is 1. The van der Waals surface area contributed by atoms with Crippen LogP contribution in [-0.4, -0.2) is 34.7 Å². The van der Waals surface area contributed by atoms with Gasteiger partial charge in [-0.25, -0.2) is 4.79 Å². The van der Waals surface area contributed by atoms with Crippen LogP contribution < -0.4 is 5.32 Å². The lowest BCUT2D eigenvalue weighted by molar-refractivity contribution is -0.140. The molecule has 5 nitrogen and oxygen atoms in total. The van der Waals surface area contributed by atoms with Crippen molar-refractivity contribution in [2.24, 2.45) is 0 Å². The number of carbonyl (C=O) groups excluding carboxylic acids is 1. The van der Waals surface area contributed by atoms with Crippen LogP contribution in [0.15, 0.2) is 24.3 Å². The molecule has 1 aromatic carbocycles. The molecule has 5 heteroatoms. The summed E-state index contributed by atoms with van der Waals surface area (Å²) in [4.78, 5) is 22.9. The van der Waals surface area contributed by atoms with Crippen molar-refractivity contribution in [1.82, 2.24) is 5.32 Å². The Bertz CT molecular complexity index is 477. The van der Waals surface area contributed by atoms with Crippen LogP contribution in [0, 0.1) is 0 Å². The van der Waals surface area contributed by atoms with Gasteiger partial charge >= 0.3 is 5.97 Å². The molecular weight excluding hydrogens is 246 g/mol. The number of carbonyl (C=O) groups is 2. The third kappa shape index (κ3) is 3.79. The van der Waals surface area contributed by atoms with Crippen LogP contribution >= 0.6 is 0 Å². The van der Waals surface area contributed by atoms with Gasteiger partial charge in [0.1, 0.15) is 0 Å². The fourth-order valence-corrected chi connectivity index (χ4v) is 1.76. The van der Waals surface area contributed by atoms with E-state index in [0.29, 0.717) is 5.56 Å². The highest BCUT2D eigenvalue weighted by atomic mass is 16.4. The Morgan fingerprint density at radius 1 is 1.26 bits per heavy atom. The van der Waals surface area contributed by atoms with Crippen molar-refractivity contribution < 1.29 is 19.8 Å². The van der Waals surface area contributed by atoms with Crippen molar-refractivity contribution in [2.75, 3.05) is 6.61 Å². The molecule has 0 heterocycles. The van der Waals surface area contributed by atoms with Crippen LogP contribution in [-0.2, 0) is 10.2 Å². The number of carboxylic acid groups (broad SMARTS) is 1. The van der Waals surface area contributed by atoms with Crippen LogP contribution in [0.4, 0.5) is 0 Å². The minimum Gasteiger partial charge on any atom is -0.480 e. The molecule has 104 valence electrons. The van der Waals surface area contributed by atoms with Gasteiger partial charge in [0.25, 0.3) is 5.91 Å². The summed E-state index contributed by atoms with van der Waals surface area (Å²) in [6.45, 7) is 5.28. The van der Waals surface area contributed by atoms with E-state index in [4.69, 9.17) is 10.2 Å². The molecule has 0 aromatic heterocycles. The molecule has 0 saturated carbocycles. The van der Waals surface area contributed by atoms with Gasteiger partial charge in [-0.15, -0.1) is 0 Å². The Labute approximate surface area is 112 Å². The van der Waals surface area contributed by atoms with Crippen LogP contribution in [0.5, 0.6) is 0 Å². The number of benzene rings is 1. The Morgan fingerprint density at radius 2 is 1.84 bits per heavy atom. The highest BCUT2D eigenvalue weighted by Crippen LogP contribution is 2.25. The zero-order valence-electron chi connectivity index (χ0n) is 11.3. The zero-order valence-corrected chi connectivity index (χ0v) is 11.3. The average Bonchev–Trinajstić information content (AvgIpc) is 2.34. The first-order chi connectivity index (χ1) is 8.77. The van der Waals surface area contributed by atoms with Gasteiger partial charge in [0.05, 0.1) is 6.61 Å². The number of rotatable bonds is 4. The molecule has 0 spiro atoms. The van der Waals surface area contributed by atoms with Gasteiger partial charge in [0.15, 0.2) is 6.04 Å². The quantitative estimate of drug-likeness (QED) is 0.762. The van der Waals surface area contributed by atoms with Crippen molar-refractivity contribution in [3.63, 3.8) is 0 Å². The van der Waals surface area contributed by atoms with Crippen LogP contribution in [0.1, 0.15) is 36.7 Å². The number of carboxylic acids is 1. The summed E-state index contributed by atoms with van der Waals surface area (Å²) in [5.74, 6) is -1.75. The van der Waals surface area contributed by atoms with Gasteiger partial charge in [-0.2, -0.15) is 0 Å². The first-order valence-electron chi connectivity index (χ1n) is 6.01. The molecule has 0 aliphatic carbocycles. The first kappa shape index (κ1) is 15.2. The Hall–Kier alpha value is -1.88. The van der Waals surface area contributed by atoms with Gasteiger partial charge < -0.3 is 15.5 Å². The second kappa shape index (κ2) is 5.84. The Morgan fingerprint density at radius 3 is 2.32 bits per heavy atom. The standard InChI is InChI=1S/C14H19NO4/c1-14(2,3)10-7-5-4-6-9(10)12(17)15-11(8-16)13(18)19/h4-7,11,16H,8H2,1-3H3,(H,15,17)(H,18,19). The average molecular weight is 265 g/mol. The van der Waals surface area contributed by atoms with Gasteiger partial charge in [0.2, 0.25) is 0 Å². The number of amides is 1. The SMILES string of the molecule is CC(C)(C)c1ccccc1C(=O)NC(CO)C(=O)O. The molecular formula is C14H19NO4. The maximum atomic E-state index is 12.1. The fraction of sp³-hybridized carbons (Fsp3) is 0.429. The second-order valence-electron chi connectivity index (χ2n) is 5.34. The number of aliphatic hydroxyl groups is 1. The molecule has 1 aromatic rings. The zero-order chi connectivity index (χ0) is 14.6. The third-order valence-corrected chi connectivity index (χ3v) is 2.77. The predicted molar refractivity (Wildman–Crippen MR) is 71.1 cm³/mol. The molecule has 3 N–H and O–H groups in total. The van der Waals surface area contributed by atoms with E-state index in [0.717, 1.165) is 5.56 Å². The molecule has 0 bridgehead atoms. The van der Waals surface area contributed by atoms with E-state index < -0.39 is 24.5 Å². The van der Waals surface area contributed by atoms with E-state index in [1.807, 2.05) is 32.9 Å². The molecule has 1 amide bonds. The summed E-state index contributed by atoms with van der Waals surface area (Å²) in [6.07, 6.45) is 0. The van der Waals surface area contributed by atoms with Gasteiger partial charge in [-0.3, -0.25) is 4.79 Å². The van der Waals surface area contributed by atoms with E-state index in [9.17, 15) is 9.59 Å². The summed E-state index contributed by atoms with van der Waals surface area (Å²) < 4.78 is 0. The highest BCUT2D eigenvalue weighted by Gasteiger charge is 2.24. The molecule has 1 unspecified atom stereocenters. The molecule has 1 atom stereocenters. The molecule has 1 rings (SSSR count). The molecule has 0 saturated heterocycles. The fourth-order valence-electron chi connectivity index (χ4n) is 1.76. The minimum atomic E-state index is -1.29. The summed E-state index contributed by atoms with van der Waals surface area (Å²) in [6, 6.07) is 5.74. The molecule has 0 aliphatic rings. The highest BCUT2D eigenvalue weighted by molar-refractivity contribution is 5.98. The van der Waals surface area contributed by atoms with Crippen LogP contribution in [0.25, 0.3) is 0 Å². The normalized spacial score (nSPS) is 12.8. The van der Waals surface area contributed by atoms with Crippen molar-refractivity contribution in [3.05, 3.63) is 35.4 Å². The lowest BCUT2D eigenvalue weighted by Gasteiger charge is -2.23. The molecule has 0 aliphatic heterocycles. The van der Waals surface area contributed by atoms with Crippen molar-refractivity contribution >= 4 is 11.9 Å². The second-order valence-corrected chi connectivity index (χ2v) is 5.34. The third-order valence-electron chi connectivity index (χ3n) is 2.77. The summed E-state index contributed by atoms with van der Waals surface area (Å²) >= 11 is 0. The number of hydrogen-bond acceptors (Lipinski definition) is 3. The van der Waals surface area contributed by atoms with Crippen molar-refractivity contribution in [3.8, 4) is 0 Å². The monoisotopic (exact) mass is 265 g/mol. The Balaban J connectivity index is 3.04. The molecule has 0 radical (unpaired) electrons. The van der Waals surface area contributed by atoms with Crippen molar-refractivity contribution in [2.45, 2.75) is 32.2 Å². The predicted octanol–water partition coefficient (Wildman–Crippen LogP) is 1.16. The van der Waals surface area contributed by atoms with Crippen molar-refractivity contribution in [1.29, 1.82) is 0 Å². The lowest BCUT2D eigenvalue weighted by Crippen LogP contribution is -2.43. The van der Waals surface area contributed by atoms with E-state index in [1.165, 1.54) is 0 Å². The summed E-state index contributed by atoms with van der Waals surface area (Å²) in [5, 5.41) is 20.1. The lowest BCUT2D eigenvalue weighted by atomic mass is 9.83. The van der Waals surface area contributed by atoms with Gasteiger partial charge in [0, 0.05) is 5.56 Å². The Kier molecular flexibility index (Phi) is 4.67. The number of hydrogen-bond donors (Lipinski definition) is 3. The largest absolute Gasteiger partial charge is 0.480 e.